The van der Waals surface area contributed by atoms with E-state index in [0.29, 0.717) is 6.42 Å². The Kier molecular flexibility index (Phi) is 13.3. The van der Waals surface area contributed by atoms with E-state index in [1.807, 2.05) is 34.6 Å². The second kappa shape index (κ2) is 12.6. The molecule has 0 aliphatic carbocycles. The second-order valence-electron chi connectivity index (χ2n) is 5.89. The molecule has 0 aliphatic heterocycles. The average Bonchev–Trinajstić information content (AvgIpc) is 2.45. The van der Waals surface area contributed by atoms with Crippen LogP contribution in [0.2, 0.25) is 0 Å². The summed E-state index contributed by atoms with van der Waals surface area (Å²) in [6.45, 7) is 9.64. The molecular weight excluding hydrogens is 302 g/mol. The number of nitriles is 1. The van der Waals surface area contributed by atoms with Crippen LogP contribution in [0.15, 0.2) is 0 Å². The normalized spacial score (nSPS) is 14.8. The number of carbonyl (C=O) groups excluding carboxylic acids is 1. The second-order valence-corrected chi connectivity index (χ2v) is 7.89. The Balaban J connectivity index is 0. The molecule has 0 aromatic carbocycles. The standard InChI is InChI=1S/C9H18N2OS.C6H13NO2/c1-5-6-8(7-10)11-13(12)9(2,3)4;1-3-4-5(7)6(8)9-2/h8,11H,5-6H2,1-4H3;5H,3-4,7H2,1-2H3. The number of nitrogens with zero attached hydrogens (tertiary/aromatic N) is 1. The number of rotatable bonds is 7. The molecule has 22 heavy (non-hydrogen) atoms. The molecule has 0 bridgehead atoms. The topological polar surface area (TPSA) is 105 Å². The summed E-state index contributed by atoms with van der Waals surface area (Å²) in [6, 6.07) is 1.38. The first-order chi connectivity index (χ1) is 10.1. The molecule has 0 aromatic rings. The Hall–Kier alpha value is -0.970. The van der Waals surface area contributed by atoms with E-state index in [2.05, 4.69) is 15.5 Å². The third-order valence-corrected chi connectivity index (χ3v) is 4.25. The van der Waals surface area contributed by atoms with E-state index in [1.165, 1.54) is 7.11 Å². The molecule has 0 heterocycles. The maximum Gasteiger partial charge on any atom is 0.322 e. The van der Waals surface area contributed by atoms with Crippen molar-refractivity contribution in [1.82, 2.24) is 4.72 Å². The van der Waals surface area contributed by atoms with Gasteiger partial charge in [0, 0.05) is 0 Å². The molecule has 0 fully saturated rings. The fourth-order valence-electron chi connectivity index (χ4n) is 1.32. The Morgan fingerprint density at radius 1 is 1.32 bits per heavy atom. The fourth-order valence-corrected chi connectivity index (χ4v) is 2.11. The fraction of sp³-hybridized carbons (Fsp3) is 0.867. The zero-order valence-electron chi connectivity index (χ0n) is 14.6. The number of hydrogen-bond donors (Lipinski definition) is 2. The van der Waals surface area contributed by atoms with Crippen molar-refractivity contribution < 1.29 is 13.7 Å². The first-order valence-electron chi connectivity index (χ1n) is 7.55. The van der Waals surface area contributed by atoms with Gasteiger partial charge in [0.25, 0.3) is 0 Å². The van der Waals surface area contributed by atoms with Crippen LogP contribution in [0.25, 0.3) is 0 Å². The van der Waals surface area contributed by atoms with Crippen molar-refractivity contribution in [2.75, 3.05) is 7.11 Å². The molecule has 0 saturated carbocycles. The number of nitrogens with one attached hydrogen (secondary N) is 1. The third-order valence-electron chi connectivity index (χ3n) is 2.64. The molecule has 0 aromatic heterocycles. The highest BCUT2D eigenvalue weighted by atomic mass is 32.2. The molecule has 0 radical (unpaired) electrons. The van der Waals surface area contributed by atoms with E-state index in [0.717, 1.165) is 19.3 Å². The van der Waals surface area contributed by atoms with E-state index < -0.39 is 17.0 Å². The van der Waals surface area contributed by atoms with Crippen LogP contribution in [-0.4, -0.2) is 34.1 Å². The largest absolute Gasteiger partial charge is 0.468 e. The van der Waals surface area contributed by atoms with Crippen molar-refractivity contribution >= 4 is 17.0 Å². The van der Waals surface area contributed by atoms with Crippen molar-refractivity contribution in [2.45, 2.75) is 77.1 Å². The zero-order chi connectivity index (χ0) is 17.8. The number of nitrogens with two attached hydrogens (primary N) is 1. The maximum absolute atomic E-state index is 11.6. The highest BCUT2D eigenvalue weighted by Gasteiger charge is 2.22. The highest BCUT2D eigenvalue weighted by molar-refractivity contribution is 7.84. The van der Waals surface area contributed by atoms with Crippen LogP contribution in [0.5, 0.6) is 0 Å². The molecule has 7 heteroatoms. The summed E-state index contributed by atoms with van der Waals surface area (Å²) in [5.74, 6) is -0.322. The monoisotopic (exact) mass is 333 g/mol. The molecule has 3 atom stereocenters. The smallest absolute Gasteiger partial charge is 0.322 e. The van der Waals surface area contributed by atoms with Gasteiger partial charge < -0.3 is 10.5 Å². The maximum atomic E-state index is 11.6. The molecule has 3 N–H and O–H groups in total. The van der Waals surface area contributed by atoms with Crippen LogP contribution >= 0.6 is 0 Å². The van der Waals surface area contributed by atoms with E-state index in [9.17, 15) is 9.00 Å². The van der Waals surface area contributed by atoms with Gasteiger partial charge in [-0.25, -0.2) is 8.93 Å². The van der Waals surface area contributed by atoms with Crippen molar-refractivity contribution in [2.24, 2.45) is 5.73 Å². The van der Waals surface area contributed by atoms with Crippen molar-refractivity contribution in [1.29, 1.82) is 5.26 Å². The average molecular weight is 333 g/mol. The van der Waals surface area contributed by atoms with Gasteiger partial charge in [0.05, 0.1) is 28.9 Å². The Morgan fingerprint density at radius 3 is 2.14 bits per heavy atom. The first-order valence-corrected chi connectivity index (χ1v) is 8.69. The molecule has 0 saturated heterocycles. The lowest BCUT2D eigenvalue weighted by Gasteiger charge is -2.20. The summed E-state index contributed by atoms with van der Waals surface area (Å²) < 4.78 is 18.5. The van der Waals surface area contributed by atoms with Crippen molar-refractivity contribution in [3.63, 3.8) is 0 Å². The number of ether oxygens (including phenoxy) is 1. The van der Waals surface area contributed by atoms with Gasteiger partial charge in [-0.3, -0.25) is 4.79 Å². The van der Waals surface area contributed by atoms with Crippen LogP contribution < -0.4 is 10.5 Å². The molecule has 0 rings (SSSR count). The summed E-state index contributed by atoms with van der Waals surface area (Å²) in [5, 5.41) is 8.72. The quantitative estimate of drug-likeness (QED) is 0.693. The van der Waals surface area contributed by atoms with Crippen LogP contribution in [0.3, 0.4) is 0 Å². The van der Waals surface area contributed by atoms with Crippen LogP contribution in [-0.2, 0) is 20.5 Å². The first kappa shape index (κ1) is 23.3. The minimum absolute atomic E-state index is 0.287. The molecule has 0 amide bonds. The minimum atomic E-state index is -1.14. The van der Waals surface area contributed by atoms with E-state index >= 15 is 0 Å². The highest BCUT2D eigenvalue weighted by Crippen LogP contribution is 2.10. The van der Waals surface area contributed by atoms with Gasteiger partial charge in [-0.2, -0.15) is 5.26 Å². The molecule has 0 aliphatic rings. The summed E-state index contributed by atoms with van der Waals surface area (Å²) in [5.41, 5.74) is 5.36. The van der Waals surface area contributed by atoms with E-state index in [4.69, 9.17) is 11.0 Å². The lowest BCUT2D eigenvalue weighted by atomic mass is 10.2. The molecule has 0 spiro atoms. The Labute approximate surface area is 137 Å². The molecule has 130 valence electrons. The van der Waals surface area contributed by atoms with E-state index in [1.54, 1.807) is 0 Å². The number of hydrogen-bond acceptors (Lipinski definition) is 5. The summed E-state index contributed by atoms with van der Waals surface area (Å²) in [7, 11) is 0.204. The van der Waals surface area contributed by atoms with Crippen molar-refractivity contribution in [3.8, 4) is 6.07 Å². The van der Waals surface area contributed by atoms with Gasteiger partial charge in [-0.1, -0.05) is 26.7 Å². The Morgan fingerprint density at radius 2 is 1.82 bits per heavy atom. The van der Waals surface area contributed by atoms with Crippen LogP contribution in [0.1, 0.15) is 60.3 Å². The van der Waals surface area contributed by atoms with Gasteiger partial charge in [-0.05, 0) is 33.6 Å². The number of esters is 1. The van der Waals surface area contributed by atoms with Crippen LogP contribution in [0.4, 0.5) is 0 Å². The van der Waals surface area contributed by atoms with Gasteiger partial charge in [0.1, 0.15) is 12.1 Å². The van der Waals surface area contributed by atoms with Gasteiger partial charge in [-0.15, -0.1) is 0 Å². The van der Waals surface area contributed by atoms with Gasteiger partial charge >= 0.3 is 5.97 Å². The summed E-state index contributed by atoms with van der Waals surface area (Å²) in [4.78, 5) is 10.6. The van der Waals surface area contributed by atoms with Crippen LogP contribution in [0, 0.1) is 11.3 Å². The Bertz CT molecular complexity index is 375. The number of carbonyl (C=O) groups is 1. The van der Waals surface area contributed by atoms with Gasteiger partial charge in [0.2, 0.25) is 0 Å². The van der Waals surface area contributed by atoms with Gasteiger partial charge in [0.15, 0.2) is 0 Å². The predicted octanol–water partition coefficient (Wildman–Crippen LogP) is 2.02. The van der Waals surface area contributed by atoms with E-state index in [-0.39, 0.29) is 16.8 Å². The predicted molar refractivity (Wildman–Crippen MR) is 90.2 cm³/mol. The molecular formula is C15H31N3O3S. The third kappa shape index (κ3) is 11.7. The SMILES string of the molecule is CCCC(C#N)NS(=O)C(C)(C)C.CCCC(N)C(=O)OC. The zero-order valence-corrected chi connectivity index (χ0v) is 15.5. The minimum Gasteiger partial charge on any atom is -0.468 e. The summed E-state index contributed by atoms with van der Waals surface area (Å²) in [6.07, 6.45) is 3.29. The molecule has 6 nitrogen and oxygen atoms in total. The summed E-state index contributed by atoms with van der Waals surface area (Å²) >= 11 is 0. The van der Waals surface area contributed by atoms with Crippen molar-refractivity contribution in [3.05, 3.63) is 0 Å². The molecule has 3 unspecified atom stereocenters. The lowest BCUT2D eigenvalue weighted by Crippen LogP contribution is -2.39. The number of methoxy groups -OCH3 is 1. The lowest BCUT2D eigenvalue weighted by molar-refractivity contribution is -0.142.